The monoisotopic (exact) mass is 874 g/mol. The fourth-order valence-corrected chi connectivity index (χ4v) is 8.87. The lowest BCUT2D eigenvalue weighted by Gasteiger charge is -2.43. The van der Waals surface area contributed by atoms with Crippen molar-refractivity contribution in [3.05, 3.63) is 131 Å². The molecule has 10 nitrogen and oxygen atoms in total. The third-order valence-corrected chi connectivity index (χ3v) is 12.7. The van der Waals surface area contributed by atoms with Crippen LogP contribution in [0.5, 0.6) is 0 Å². The van der Waals surface area contributed by atoms with Crippen LogP contribution in [0.15, 0.2) is 103 Å². The van der Waals surface area contributed by atoms with Gasteiger partial charge in [-0.1, -0.05) is 176 Å². The number of hydrogen-bond donors (Lipinski definition) is 2. The summed E-state index contributed by atoms with van der Waals surface area (Å²) in [5, 5.41) is 12.4. The number of likely N-dealkylation sites (tertiary alicyclic amines) is 1. The van der Waals surface area contributed by atoms with Crippen LogP contribution in [0.3, 0.4) is 0 Å². The van der Waals surface area contributed by atoms with Crippen LogP contribution in [0.25, 0.3) is 11.1 Å². The Balaban J connectivity index is 1.15. The number of alkyl carbamates (subject to hydrolysis) is 1. The molecule has 6 rings (SSSR count). The van der Waals surface area contributed by atoms with E-state index in [1.165, 1.54) is 81.9 Å². The van der Waals surface area contributed by atoms with E-state index in [4.69, 9.17) is 14.2 Å². The van der Waals surface area contributed by atoms with Gasteiger partial charge < -0.3 is 29.5 Å². The van der Waals surface area contributed by atoms with Crippen LogP contribution in [-0.2, 0) is 43.6 Å². The fraction of sp³-hybridized carbons (Fsp3) is 0.500. The second-order valence-corrected chi connectivity index (χ2v) is 17.8. The number of carbonyl (C=O) groups is 3. The molecule has 2 heterocycles. The molecule has 2 N–H and O–H groups in total. The molecule has 0 bridgehead atoms. The highest BCUT2D eigenvalue weighted by molar-refractivity contribution is 6.06. The summed E-state index contributed by atoms with van der Waals surface area (Å²) >= 11 is 0. The van der Waals surface area contributed by atoms with E-state index in [1.807, 2.05) is 78.9 Å². The molecule has 4 aromatic carbocycles. The molecule has 2 aliphatic heterocycles. The highest BCUT2D eigenvalue weighted by Gasteiger charge is 2.41. The molecule has 0 spiro atoms. The average Bonchev–Trinajstić information content (AvgIpc) is 3.58. The van der Waals surface area contributed by atoms with Gasteiger partial charge in [0.05, 0.1) is 31.8 Å². The zero-order chi connectivity index (χ0) is 45.1. The van der Waals surface area contributed by atoms with E-state index in [0.717, 1.165) is 58.6 Å². The molecule has 0 aromatic heterocycles. The van der Waals surface area contributed by atoms with Crippen LogP contribution in [0.4, 0.5) is 4.79 Å². The van der Waals surface area contributed by atoms with Crippen LogP contribution < -0.4 is 5.32 Å². The minimum absolute atomic E-state index is 0.00998. The van der Waals surface area contributed by atoms with E-state index in [9.17, 15) is 19.5 Å². The number of ether oxygens (including phenoxy) is 3. The molecular formula is C54H71N3O7. The Morgan fingerprint density at radius 3 is 2.02 bits per heavy atom. The Morgan fingerprint density at radius 1 is 0.719 bits per heavy atom. The van der Waals surface area contributed by atoms with Crippen molar-refractivity contribution in [3.8, 4) is 11.1 Å². The van der Waals surface area contributed by atoms with Gasteiger partial charge in [-0.2, -0.15) is 0 Å². The van der Waals surface area contributed by atoms with Gasteiger partial charge in [-0.15, -0.1) is 0 Å². The Labute approximate surface area is 381 Å². The SMILES string of the molecule is CCCCCCCCN(CCCCCCCC)C[C@H]1O[C@@H](c2cccc(-c3cccc(CN4C(=O)CC(NC(=O)OCc5ccccc5)C4=O)c3)c2)O[C@@H](c2ccc(CO)cc2)[C@H]1C. The van der Waals surface area contributed by atoms with Gasteiger partial charge in [-0.3, -0.25) is 14.5 Å². The van der Waals surface area contributed by atoms with Gasteiger partial charge in [-0.25, -0.2) is 4.79 Å². The summed E-state index contributed by atoms with van der Waals surface area (Å²) in [6.45, 7) is 9.87. The first-order chi connectivity index (χ1) is 31.3. The van der Waals surface area contributed by atoms with Crippen molar-refractivity contribution < 1.29 is 33.7 Å². The fourth-order valence-electron chi connectivity index (χ4n) is 8.87. The van der Waals surface area contributed by atoms with E-state index in [1.54, 1.807) is 0 Å². The lowest BCUT2D eigenvalue weighted by atomic mass is 9.89. The Bertz CT molecular complexity index is 2030. The van der Waals surface area contributed by atoms with Crippen molar-refractivity contribution in [2.24, 2.45) is 5.92 Å². The Kier molecular flexibility index (Phi) is 19.4. The van der Waals surface area contributed by atoms with Crippen LogP contribution >= 0.6 is 0 Å². The predicted molar refractivity (Wildman–Crippen MR) is 252 cm³/mol. The van der Waals surface area contributed by atoms with Crippen LogP contribution in [0, 0.1) is 5.92 Å². The van der Waals surface area contributed by atoms with Crippen molar-refractivity contribution in [2.75, 3.05) is 19.6 Å². The number of benzene rings is 4. The quantitative estimate of drug-likeness (QED) is 0.0499. The van der Waals surface area contributed by atoms with Crippen molar-refractivity contribution in [1.82, 2.24) is 15.1 Å². The maximum Gasteiger partial charge on any atom is 0.408 e. The first-order valence-corrected chi connectivity index (χ1v) is 24.0. The first kappa shape index (κ1) is 48.6. The Morgan fingerprint density at radius 2 is 1.34 bits per heavy atom. The van der Waals surface area contributed by atoms with Crippen molar-refractivity contribution in [1.29, 1.82) is 0 Å². The van der Waals surface area contributed by atoms with Gasteiger partial charge in [-0.05, 0) is 71.4 Å². The third-order valence-electron chi connectivity index (χ3n) is 12.7. The topological polar surface area (TPSA) is 118 Å². The number of carbonyl (C=O) groups excluding carboxylic acids is 3. The molecule has 2 saturated heterocycles. The number of imide groups is 1. The molecule has 64 heavy (non-hydrogen) atoms. The van der Waals surface area contributed by atoms with E-state index in [-0.39, 0.29) is 50.2 Å². The minimum Gasteiger partial charge on any atom is -0.445 e. The molecule has 0 saturated carbocycles. The number of aliphatic hydroxyl groups is 1. The summed E-state index contributed by atoms with van der Waals surface area (Å²) in [7, 11) is 0. The molecule has 0 radical (unpaired) electrons. The van der Waals surface area contributed by atoms with Gasteiger partial charge >= 0.3 is 6.09 Å². The summed E-state index contributed by atoms with van der Waals surface area (Å²) < 4.78 is 19.2. The maximum absolute atomic E-state index is 13.4. The summed E-state index contributed by atoms with van der Waals surface area (Å²) in [5.41, 5.74) is 6.34. The van der Waals surface area contributed by atoms with Crippen LogP contribution in [0.2, 0.25) is 0 Å². The average molecular weight is 874 g/mol. The second-order valence-electron chi connectivity index (χ2n) is 17.8. The van der Waals surface area contributed by atoms with Crippen molar-refractivity contribution >= 4 is 17.9 Å². The highest BCUT2D eigenvalue weighted by Crippen LogP contribution is 2.42. The minimum atomic E-state index is -0.979. The van der Waals surface area contributed by atoms with Crippen molar-refractivity contribution in [3.63, 3.8) is 0 Å². The summed E-state index contributed by atoms with van der Waals surface area (Å²) in [5.74, 6) is -0.722. The predicted octanol–water partition coefficient (Wildman–Crippen LogP) is 11.2. The molecule has 5 atom stereocenters. The summed E-state index contributed by atoms with van der Waals surface area (Å²) in [4.78, 5) is 42.8. The number of amides is 3. The van der Waals surface area contributed by atoms with Gasteiger partial charge in [0, 0.05) is 18.0 Å². The van der Waals surface area contributed by atoms with Gasteiger partial charge in [0.2, 0.25) is 5.91 Å². The largest absolute Gasteiger partial charge is 0.445 e. The zero-order valence-corrected chi connectivity index (χ0v) is 38.4. The second kappa shape index (κ2) is 25.6. The first-order valence-electron chi connectivity index (χ1n) is 24.0. The van der Waals surface area contributed by atoms with Crippen LogP contribution in [0.1, 0.15) is 144 Å². The zero-order valence-electron chi connectivity index (χ0n) is 38.4. The molecule has 4 aromatic rings. The lowest BCUT2D eigenvalue weighted by molar-refractivity contribution is -0.276. The van der Waals surface area contributed by atoms with Gasteiger partial charge in [0.1, 0.15) is 12.6 Å². The number of aliphatic hydroxyl groups excluding tert-OH is 1. The lowest BCUT2D eigenvalue weighted by Crippen LogP contribution is -2.45. The number of nitrogens with one attached hydrogen (secondary N) is 1. The van der Waals surface area contributed by atoms with E-state index in [0.29, 0.717) is 0 Å². The normalized spacial score (nSPS) is 20.0. The standard InChI is InChI=1S/C54H71N3O7/c1-4-6-8-10-12-17-31-56(32-18-13-11-9-7-5-2)37-49-40(3)51(44-29-27-41(38-58)28-30-44)64-53(63-49)47-26-20-25-46(34-47)45-24-19-23-43(33-45)36-57-50(59)35-48(52(57)60)55-54(61)62-39-42-21-15-14-16-22-42/h14-16,19-30,33-34,40,48-49,51,53,58H,4-13,17-18,31-32,35-39H2,1-3H3,(H,55,61)/t40-,48?,49+,51+,53+/m0/s1. The van der Waals surface area contributed by atoms with E-state index < -0.39 is 24.3 Å². The molecule has 3 amide bonds. The number of hydrogen-bond acceptors (Lipinski definition) is 8. The van der Waals surface area contributed by atoms with Crippen LogP contribution in [-0.4, -0.2) is 64.6 Å². The number of nitrogens with zero attached hydrogens (tertiary/aromatic N) is 2. The smallest absolute Gasteiger partial charge is 0.408 e. The molecule has 344 valence electrons. The summed E-state index contributed by atoms with van der Waals surface area (Å²) in [6, 6.07) is 32.5. The van der Waals surface area contributed by atoms with E-state index in [2.05, 4.69) is 55.3 Å². The maximum atomic E-state index is 13.4. The Hall–Kier alpha value is -4.87. The van der Waals surface area contributed by atoms with Gasteiger partial charge in [0.15, 0.2) is 6.29 Å². The number of rotatable bonds is 25. The molecular weight excluding hydrogens is 803 g/mol. The number of unbranched alkanes of at least 4 members (excludes halogenated alkanes) is 10. The van der Waals surface area contributed by atoms with Crippen molar-refractivity contribution in [2.45, 2.75) is 149 Å². The van der Waals surface area contributed by atoms with E-state index >= 15 is 0 Å². The third kappa shape index (κ3) is 14.3. The molecule has 0 aliphatic carbocycles. The highest BCUT2D eigenvalue weighted by atomic mass is 16.7. The molecule has 1 unspecified atom stereocenters. The molecule has 10 heteroatoms. The molecule has 2 aliphatic rings. The molecule has 2 fully saturated rings. The summed E-state index contributed by atoms with van der Waals surface area (Å²) in [6.07, 6.45) is 13.4. The van der Waals surface area contributed by atoms with Gasteiger partial charge in [0.25, 0.3) is 5.91 Å².